The molecular formula is C19H39NS. The zero-order valence-electron chi connectivity index (χ0n) is 15.4. The summed E-state index contributed by atoms with van der Waals surface area (Å²) in [7, 11) is 0. The monoisotopic (exact) mass is 313 g/mol. The molecule has 0 aromatic rings. The van der Waals surface area contributed by atoms with Gasteiger partial charge < -0.3 is 5.32 Å². The summed E-state index contributed by atoms with van der Waals surface area (Å²) in [5.41, 5.74) is 1.08. The van der Waals surface area contributed by atoms with Crippen LogP contribution in [0.15, 0.2) is 0 Å². The molecule has 1 aliphatic carbocycles. The van der Waals surface area contributed by atoms with E-state index in [4.69, 9.17) is 0 Å². The van der Waals surface area contributed by atoms with Crippen LogP contribution in [-0.4, -0.2) is 24.6 Å². The van der Waals surface area contributed by atoms with Crippen LogP contribution in [0.4, 0.5) is 0 Å². The second-order valence-electron chi connectivity index (χ2n) is 8.61. The third kappa shape index (κ3) is 6.95. The third-order valence-electron chi connectivity index (χ3n) is 5.30. The highest BCUT2D eigenvalue weighted by Crippen LogP contribution is 2.47. The fourth-order valence-corrected chi connectivity index (χ4v) is 4.54. The molecule has 21 heavy (non-hydrogen) atoms. The molecule has 0 unspecified atom stereocenters. The van der Waals surface area contributed by atoms with Crippen LogP contribution in [0.25, 0.3) is 0 Å². The molecule has 1 aliphatic rings. The van der Waals surface area contributed by atoms with Crippen LogP contribution in [0.1, 0.15) is 73.6 Å². The Bertz CT molecular complexity index is 272. The van der Waals surface area contributed by atoms with Crippen molar-refractivity contribution in [2.45, 2.75) is 73.6 Å². The van der Waals surface area contributed by atoms with Crippen molar-refractivity contribution in [2.75, 3.05) is 24.6 Å². The summed E-state index contributed by atoms with van der Waals surface area (Å²) in [6, 6.07) is 0. The molecule has 126 valence electrons. The molecule has 0 atom stereocenters. The summed E-state index contributed by atoms with van der Waals surface area (Å²) >= 11 is 2.12. The Labute approximate surface area is 138 Å². The molecule has 0 amide bonds. The maximum atomic E-state index is 3.77. The molecule has 0 aliphatic heterocycles. The van der Waals surface area contributed by atoms with Crippen molar-refractivity contribution in [1.82, 2.24) is 5.32 Å². The Morgan fingerprint density at radius 2 is 1.81 bits per heavy atom. The van der Waals surface area contributed by atoms with Crippen molar-refractivity contribution in [2.24, 2.45) is 22.7 Å². The molecule has 1 nitrogen and oxygen atoms in total. The number of thioether (sulfide) groups is 1. The van der Waals surface area contributed by atoms with Gasteiger partial charge in [-0.15, -0.1) is 0 Å². The molecule has 1 saturated carbocycles. The third-order valence-corrected chi connectivity index (χ3v) is 6.21. The van der Waals surface area contributed by atoms with Gasteiger partial charge in [0.05, 0.1) is 0 Å². The predicted octanol–water partition coefficient (Wildman–Crippen LogP) is 5.60. The molecule has 1 fully saturated rings. The molecule has 0 spiro atoms. The smallest absolute Gasteiger partial charge is 0.000822 e. The summed E-state index contributed by atoms with van der Waals surface area (Å²) in [6.07, 6.45) is 7.15. The van der Waals surface area contributed by atoms with Crippen molar-refractivity contribution >= 4 is 11.8 Å². The van der Waals surface area contributed by atoms with Crippen LogP contribution in [0.2, 0.25) is 0 Å². The van der Waals surface area contributed by atoms with Crippen molar-refractivity contribution in [3.63, 3.8) is 0 Å². The maximum absolute atomic E-state index is 3.77. The van der Waals surface area contributed by atoms with Crippen LogP contribution in [0.3, 0.4) is 0 Å². The first-order valence-electron chi connectivity index (χ1n) is 9.07. The largest absolute Gasteiger partial charge is 0.316 e. The summed E-state index contributed by atoms with van der Waals surface area (Å²) in [5.74, 6) is 4.30. The lowest BCUT2D eigenvalue weighted by molar-refractivity contribution is 0.0836. The van der Waals surface area contributed by atoms with Crippen molar-refractivity contribution in [3.05, 3.63) is 0 Å². The summed E-state index contributed by atoms with van der Waals surface area (Å²) in [4.78, 5) is 0. The summed E-state index contributed by atoms with van der Waals surface area (Å²) in [5, 5.41) is 3.77. The van der Waals surface area contributed by atoms with Crippen LogP contribution in [-0.2, 0) is 0 Å². The average Bonchev–Trinajstić information content (AvgIpc) is 2.38. The number of nitrogens with one attached hydrogen (secondary N) is 1. The standard InChI is InChI=1S/C19H39NS/c1-7-21-13-12-19(15-20-14-16(2)3)10-8-17(9-11-19)18(4,5)6/h16-17,20H,7-15H2,1-6H3. The van der Waals surface area contributed by atoms with Gasteiger partial charge in [0.1, 0.15) is 0 Å². The second kappa shape index (κ2) is 8.82. The molecule has 1 N–H and O–H groups in total. The highest BCUT2D eigenvalue weighted by molar-refractivity contribution is 7.99. The minimum absolute atomic E-state index is 0.496. The molecule has 0 aromatic carbocycles. The first kappa shape index (κ1) is 19.4. The molecule has 0 radical (unpaired) electrons. The van der Waals surface area contributed by atoms with Crippen molar-refractivity contribution < 1.29 is 0 Å². The molecule has 0 saturated heterocycles. The van der Waals surface area contributed by atoms with E-state index in [9.17, 15) is 0 Å². The topological polar surface area (TPSA) is 12.0 Å². The Morgan fingerprint density at radius 1 is 1.19 bits per heavy atom. The molecule has 0 aromatic heterocycles. The van der Waals surface area contributed by atoms with Crippen LogP contribution < -0.4 is 5.32 Å². The van der Waals surface area contributed by atoms with E-state index in [0.29, 0.717) is 10.8 Å². The van der Waals surface area contributed by atoms with E-state index in [-0.39, 0.29) is 0 Å². The van der Waals surface area contributed by atoms with Gasteiger partial charge in [-0.05, 0) is 72.8 Å². The lowest BCUT2D eigenvalue weighted by atomic mass is 9.63. The minimum Gasteiger partial charge on any atom is -0.316 e. The van der Waals surface area contributed by atoms with Crippen LogP contribution in [0.5, 0.6) is 0 Å². The quantitative estimate of drug-likeness (QED) is 0.586. The van der Waals surface area contributed by atoms with Gasteiger partial charge in [-0.25, -0.2) is 0 Å². The normalized spacial score (nSPS) is 27.3. The Hall–Kier alpha value is 0.310. The van der Waals surface area contributed by atoms with Crippen molar-refractivity contribution in [1.29, 1.82) is 0 Å². The molecular weight excluding hydrogens is 274 g/mol. The number of rotatable bonds is 8. The molecule has 2 heteroatoms. The van der Waals surface area contributed by atoms with Gasteiger partial charge in [0, 0.05) is 6.54 Å². The highest BCUT2D eigenvalue weighted by Gasteiger charge is 2.38. The van der Waals surface area contributed by atoms with Crippen LogP contribution >= 0.6 is 11.8 Å². The highest BCUT2D eigenvalue weighted by atomic mass is 32.2. The van der Waals surface area contributed by atoms with E-state index in [2.05, 4.69) is 58.6 Å². The van der Waals surface area contributed by atoms with Gasteiger partial charge in [0.25, 0.3) is 0 Å². The number of hydrogen-bond donors (Lipinski definition) is 1. The molecule has 1 rings (SSSR count). The van der Waals surface area contributed by atoms with Gasteiger partial charge >= 0.3 is 0 Å². The zero-order valence-corrected chi connectivity index (χ0v) is 16.2. The van der Waals surface area contributed by atoms with Gasteiger partial charge in [-0.3, -0.25) is 0 Å². The van der Waals surface area contributed by atoms with Gasteiger partial charge in [0.2, 0.25) is 0 Å². The van der Waals surface area contributed by atoms with E-state index in [0.717, 1.165) is 11.8 Å². The summed E-state index contributed by atoms with van der Waals surface area (Å²) in [6.45, 7) is 16.6. The summed E-state index contributed by atoms with van der Waals surface area (Å²) < 4.78 is 0. The minimum atomic E-state index is 0.496. The average molecular weight is 314 g/mol. The second-order valence-corrected chi connectivity index (χ2v) is 10.0. The Balaban J connectivity index is 2.54. The van der Waals surface area contributed by atoms with E-state index in [1.807, 2.05) is 0 Å². The SMILES string of the molecule is CCSCCC1(CNCC(C)C)CCC(C(C)(C)C)CC1. The van der Waals surface area contributed by atoms with Gasteiger partial charge in [-0.2, -0.15) is 11.8 Å². The van der Waals surface area contributed by atoms with E-state index in [1.165, 1.54) is 56.7 Å². The lowest BCUT2D eigenvalue weighted by Gasteiger charge is -2.44. The number of hydrogen-bond acceptors (Lipinski definition) is 2. The van der Waals surface area contributed by atoms with Gasteiger partial charge in [-0.1, -0.05) is 41.5 Å². The first-order chi connectivity index (χ1) is 9.79. The van der Waals surface area contributed by atoms with E-state index < -0.39 is 0 Å². The van der Waals surface area contributed by atoms with E-state index in [1.54, 1.807) is 0 Å². The molecule has 0 bridgehead atoms. The fraction of sp³-hybridized carbons (Fsp3) is 1.00. The zero-order chi connectivity index (χ0) is 15.9. The maximum Gasteiger partial charge on any atom is 0.000822 e. The molecule has 0 heterocycles. The lowest BCUT2D eigenvalue weighted by Crippen LogP contribution is -2.41. The first-order valence-corrected chi connectivity index (χ1v) is 10.2. The van der Waals surface area contributed by atoms with Crippen LogP contribution in [0, 0.1) is 22.7 Å². The Morgan fingerprint density at radius 3 is 2.29 bits per heavy atom. The predicted molar refractivity (Wildman–Crippen MR) is 99.2 cm³/mol. The Kier molecular flexibility index (Phi) is 8.13. The fourth-order valence-electron chi connectivity index (χ4n) is 3.67. The van der Waals surface area contributed by atoms with Crippen molar-refractivity contribution in [3.8, 4) is 0 Å². The van der Waals surface area contributed by atoms with Gasteiger partial charge in [0.15, 0.2) is 0 Å². The van der Waals surface area contributed by atoms with E-state index >= 15 is 0 Å².